The fourth-order valence-corrected chi connectivity index (χ4v) is 3.04. The number of nitrogens with one attached hydrogen (secondary N) is 2. The van der Waals surface area contributed by atoms with Crippen LogP contribution in [0.15, 0.2) is 53.4 Å². The molecule has 2 amide bonds. The van der Waals surface area contributed by atoms with Crippen LogP contribution in [0, 0.1) is 12.7 Å². The molecule has 0 aliphatic rings. The van der Waals surface area contributed by atoms with Crippen LogP contribution < -0.4 is 10.0 Å². The predicted molar refractivity (Wildman–Crippen MR) is 90.9 cm³/mol. The Morgan fingerprint density at radius 3 is 2.32 bits per heavy atom. The maximum absolute atomic E-state index is 12.8. The summed E-state index contributed by atoms with van der Waals surface area (Å²) in [7, 11) is -3.95. The molecule has 3 N–H and O–H groups in total. The van der Waals surface area contributed by atoms with Gasteiger partial charge in [0.25, 0.3) is 10.0 Å². The Hall–Kier alpha value is -2.45. The first-order chi connectivity index (χ1) is 11.8. The number of aliphatic hydroxyl groups excluding tert-OH is 1. The molecule has 0 radical (unpaired) electrons. The normalized spacial score (nSPS) is 12.4. The van der Waals surface area contributed by atoms with Gasteiger partial charge in [-0.25, -0.2) is 22.3 Å². The molecule has 25 heavy (non-hydrogen) atoms. The summed E-state index contributed by atoms with van der Waals surface area (Å²) in [5.74, 6) is -0.408. The molecule has 0 spiro atoms. The maximum Gasteiger partial charge on any atom is 0.328 e. The van der Waals surface area contributed by atoms with Gasteiger partial charge in [0.1, 0.15) is 5.82 Å². The Labute approximate surface area is 145 Å². The first-order valence-corrected chi connectivity index (χ1v) is 9.07. The molecule has 6 nitrogen and oxygen atoms in total. The number of benzene rings is 2. The Bertz CT molecular complexity index is 821. The summed E-state index contributed by atoms with van der Waals surface area (Å²) < 4.78 is 38.8. The average Bonchev–Trinajstić information content (AvgIpc) is 2.55. The van der Waals surface area contributed by atoms with Crippen LogP contribution in [0.25, 0.3) is 0 Å². The van der Waals surface area contributed by atoms with E-state index in [0.29, 0.717) is 5.56 Å². The molecule has 1 atom stereocenters. The number of hydrogen-bond acceptors (Lipinski definition) is 4. The number of carbonyl (C=O) groups is 1. The van der Waals surface area contributed by atoms with Crippen LogP contribution in [0.4, 0.5) is 9.18 Å². The van der Waals surface area contributed by atoms with Crippen molar-refractivity contribution in [2.45, 2.75) is 24.3 Å². The highest BCUT2D eigenvalue weighted by atomic mass is 32.2. The second kappa shape index (κ2) is 8.09. The number of halogens is 1. The lowest BCUT2D eigenvalue weighted by molar-refractivity contribution is 0.167. The molecule has 1 unspecified atom stereocenters. The largest absolute Gasteiger partial charge is 0.388 e. The first kappa shape index (κ1) is 18.9. The first-order valence-electron chi connectivity index (χ1n) is 7.59. The lowest BCUT2D eigenvalue weighted by Gasteiger charge is -2.12. The number of hydrogen-bond donors (Lipinski definition) is 3. The lowest BCUT2D eigenvalue weighted by atomic mass is 10.1. The summed E-state index contributed by atoms with van der Waals surface area (Å²) in [6.07, 6.45) is -0.738. The van der Waals surface area contributed by atoms with Crippen LogP contribution in [0.5, 0.6) is 0 Å². The molecule has 0 aromatic heterocycles. The molecular formula is C17H19FN2O4S. The van der Waals surface area contributed by atoms with E-state index in [2.05, 4.69) is 5.32 Å². The minimum absolute atomic E-state index is 0.0143. The van der Waals surface area contributed by atoms with Crippen molar-refractivity contribution in [2.24, 2.45) is 0 Å². The number of aryl methyl sites for hydroxylation is 1. The fraction of sp³-hybridized carbons (Fsp3) is 0.235. The third kappa shape index (κ3) is 5.54. The summed E-state index contributed by atoms with van der Waals surface area (Å²) in [4.78, 5) is 11.7. The zero-order chi connectivity index (χ0) is 18.4. The quantitative estimate of drug-likeness (QED) is 0.731. The number of amides is 2. The molecule has 0 heterocycles. The number of carbonyl (C=O) groups excluding carboxylic acids is 1. The van der Waals surface area contributed by atoms with Crippen molar-refractivity contribution in [1.82, 2.24) is 10.0 Å². The molecule has 134 valence electrons. The molecule has 2 rings (SSSR count). The van der Waals surface area contributed by atoms with E-state index in [9.17, 15) is 22.7 Å². The van der Waals surface area contributed by atoms with E-state index in [1.54, 1.807) is 12.1 Å². The van der Waals surface area contributed by atoms with Gasteiger partial charge in [0.05, 0.1) is 11.0 Å². The van der Waals surface area contributed by atoms with Crippen LogP contribution in [0.3, 0.4) is 0 Å². The van der Waals surface area contributed by atoms with E-state index >= 15 is 0 Å². The Kier molecular flexibility index (Phi) is 6.11. The van der Waals surface area contributed by atoms with Crippen molar-refractivity contribution in [3.63, 3.8) is 0 Å². The van der Waals surface area contributed by atoms with Crippen molar-refractivity contribution in [2.75, 3.05) is 6.54 Å². The van der Waals surface area contributed by atoms with E-state index < -0.39 is 28.0 Å². The minimum Gasteiger partial charge on any atom is -0.388 e. The van der Waals surface area contributed by atoms with Crippen molar-refractivity contribution in [3.8, 4) is 0 Å². The lowest BCUT2D eigenvalue weighted by Crippen LogP contribution is -2.40. The summed E-state index contributed by atoms with van der Waals surface area (Å²) in [5, 5.41) is 12.3. The Morgan fingerprint density at radius 1 is 1.12 bits per heavy atom. The van der Waals surface area contributed by atoms with Crippen LogP contribution in [-0.4, -0.2) is 26.1 Å². The van der Waals surface area contributed by atoms with E-state index in [4.69, 9.17) is 0 Å². The minimum atomic E-state index is -3.95. The number of aliphatic hydroxyl groups is 1. The van der Waals surface area contributed by atoms with Gasteiger partial charge in [-0.3, -0.25) is 0 Å². The summed E-state index contributed by atoms with van der Waals surface area (Å²) in [6.45, 7) is 1.87. The van der Waals surface area contributed by atoms with Gasteiger partial charge in [-0.2, -0.15) is 0 Å². The van der Waals surface area contributed by atoms with Crippen molar-refractivity contribution >= 4 is 16.1 Å². The number of rotatable bonds is 6. The van der Waals surface area contributed by atoms with Gasteiger partial charge in [-0.15, -0.1) is 0 Å². The molecule has 0 bridgehead atoms. The Morgan fingerprint density at radius 2 is 1.72 bits per heavy atom. The summed E-state index contributed by atoms with van der Waals surface area (Å²) in [6, 6.07) is 10.5. The second-order valence-electron chi connectivity index (χ2n) is 5.53. The standard InChI is InChI=1S/C17H19FN2O4S/c1-12-2-8-15(9-3-12)25(23,24)20-17(22)19-11-10-16(21)13-4-6-14(18)7-5-13/h2-9,16,21H,10-11H2,1H3,(H2,19,20,22). The highest BCUT2D eigenvalue weighted by Gasteiger charge is 2.17. The number of sulfonamides is 1. The zero-order valence-electron chi connectivity index (χ0n) is 13.6. The van der Waals surface area contributed by atoms with Gasteiger partial charge in [0.2, 0.25) is 0 Å². The third-order valence-corrected chi connectivity index (χ3v) is 4.86. The number of urea groups is 1. The third-order valence-electron chi connectivity index (χ3n) is 3.52. The molecule has 0 aliphatic carbocycles. The molecular weight excluding hydrogens is 347 g/mol. The molecule has 0 saturated heterocycles. The SMILES string of the molecule is Cc1ccc(S(=O)(=O)NC(=O)NCCC(O)c2ccc(F)cc2)cc1. The molecule has 8 heteroatoms. The summed E-state index contributed by atoms with van der Waals surface area (Å²) >= 11 is 0. The van der Waals surface area contributed by atoms with Crippen molar-refractivity contribution in [1.29, 1.82) is 0 Å². The van der Waals surface area contributed by atoms with Gasteiger partial charge in [-0.05, 0) is 43.2 Å². The van der Waals surface area contributed by atoms with E-state index in [0.717, 1.165) is 5.56 Å². The van der Waals surface area contributed by atoms with Crippen LogP contribution in [0.2, 0.25) is 0 Å². The van der Waals surface area contributed by atoms with E-state index in [-0.39, 0.29) is 17.9 Å². The van der Waals surface area contributed by atoms with Crippen molar-refractivity contribution in [3.05, 3.63) is 65.5 Å². The fourth-order valence-electron chi connectivity index (χ4n) is 2.11. The maximum atomic E-state index is 12.8. The van der Waals surface area contributed by atoms with Crippen LogP contribution in [0.1, 0.15) is 23.7 Å². The Balaban J connectivity index is 1.84. The van der Waals surface area contributed by atoms with Gasteiger partial charge < -0.3 is 10.4 Å². The zero-order valence-corrected chi connectivity index (χ0v) is 14.4. The average molecular weight is 366 g/mol. The van der Waals surface area contributed by atoms with Gasteiger partial charge in [-0.1, -0.05) is 29.8 Å². The molecule has 2 aromatic carbocycles. The highest BCUT2D eigenvalue weighted by Crippen LogP contribution is 2.16. The van der Waals surface area contributed by atoms with Crippen LogP contribution in [-0.2, 0) is 10.0 Å². The van der Waals surface area contributed by atoms with E-state index in [1.165, 1.54) is 36.4 Å². The second-order valence-corrected chi connectivity index (χ2v) is 7.21. The molecule has 0 fully saturated rings. The molecule has 2 aromatic rings. The highest BCUT2D eigenvalue weighted by molar-refractivity contribution is 7.90. The topological polar surface area (TPSA) is 95.5 Å². The van der Waals surface area contributed by atoms with Gasteiger partial charge >= 0.3 is 6.03 Å². The predicted octanol–water partition coefficient (Wildman–Crippen LogP) is 2.25. The molecule has 0 saturated carbocycles. The monoisotopic (exact) mass is 366 g/mol. The van der Waals surface area contributed by atoms with Gasteiger partial charge in [0.15, 0.2) is 0 Å². The smallest absolute Gasteiger partial charge is 0.328 e. The summed E-state index contributed by atoms with van der Waals surface area (Å²) in [5.41, 5.74) is 1.41. The molecule has 0 aliphatic heterocycles. The van der Waals surface area contributed by atoms with E-state index in [1.807, 2.05) is 11.6 Å². The van der Waals surface area contributed by atoms with Crippen molar-refractivity contribution < 1.29 is 22.7 Å². The van der Waals surface area contributed by atoms with Gasteiger partial charge in [0, 0.05) is 6.54 Å². The van der Waals surface area contributed by atoms with Crippen LogP contribution >= 0.6 is 0 Å².